The fourth-order valence-corrected chi connectivity index (χ4v) is 1.81. The van der Waals surface area contributed by atoms with Gasteiger partial charge in [0.15, 0.2) is 0 Å². The van der Waals surface area contributed by atoms with Gasteiger partial charge in [0.2, 0.25) is 0 Å². The number of benzene rings is 1. The smallest absolute Gasteiger partial charge is 0.140 e. The summed E-state index contributed by atoms with van der Waals surface area (Å²) in [5, 5.41) is 17.8. The fourth-order valence-electron chi connectivity index (χ4n) is 1.81. The van der Waals surface area contributed by atoms with Gasteiger partial charge in [-0.3, -0.25) is 4.90 Å². The average Bonchev–Trinajstić information content (AvgIpc) is 2.38. The van der Waals surface area contributed by atoms with Gasteiger partial charge >= 0.3 is 0 Å². The molecule has 0 unspecified atom stereocenters. The maximum atomic E-state index is 13.2. The zero-order valence-electron chi connectivity index (χ0n) is 10.7. The summed E-state index contributed by atoms with van der Waals surface area (Å²) < 4.78 is 13.2. The minimum absolute atomic E-state index is 0.0759. The van der Waals surface area contributed by atoms with Crippen molar-refractivity contribution < 1.29 is 9.50 Å². The second-order valence-electron chi connectivity index (χ2n) is 4.28. The molecule has 0 bridgehead atoms. The van der Waals surface area contributed by atoms with Crippen LogP contribution in [-0.4, -0.2) is 29.7 Å². The van der Waals surface area contributed by atoms with Gasteiger partial charge in [-0.1, -0.05) is 19.4 Å². The number of halogens is 1. The molecule has 0 fully saturated rings. The molecular formula is C14H19FN2O. The van der Waals surface area contributed by atoms with E-state index < -0.39 is 5.82 Å². The van der Waals surface area contributed by atoms with Gasteiger partial charge < -0.3 is 5.11 Å². The van der Waals surface area contributed by atoms with E-state index in [9.17, 15) is 4.39 Å². The van der Waals surface area contributed by atoms with Crippen LogP contribution >= 0.6 is 0 Å². The molecule has 0 saturated carbocycles. The second kappa shape index (κ2) is 7.80. The summed E-state index contributed by atoms with van der Waals surface area (Å²) in [6.07, 6.45) is 2.15. The van der Waals surface area contributed by atoms with Crippen LogP contribution in [0.25, 0.3) is 0 Å². The Labute approximate surface area is 107 Å². The van der Waals surface area contributed by atoms with Crippen molar-refractivity contribution in [3.63, 3.8) is 0 Å². The molecule has 0 amide bonds. The highest BCUT2D eigenvalue weighted by atomic mass is 19.1. The monoisotopic (exact) mass is 250 g/mol. The van der Waals surface area contributed by atoms with Gasteiger partial charge in [-0.15, -0.1) is 0 Å². The third-order valence-corrected chi connectivity index (χ3v) is 2.80. The van der Waals surface area contributed by atoms with E-state index in [-0.39, 0.29) is 12.2 Å². The molecule has 3 nitrogen and oxygen atoms in total. The molecule has 0 heterocycles. The minimum Gasteiger partial charge on any atom is -0.395 e. The molecule has 4 heteroatoms. The van der Waals surface area contributed by atoms with Crippen molar-refractivity contribution >= 4 is 0 Å². The molecule has 0 aliphatic carbocycles. The van der Waals surface area contributed by atoms with Crippen LogP contribution < -0.4 is 0 Å². The Bertz CT molecular complexity index is 415. The third kappa shape index (κ3) is 4.44. The van der Waals surface area contributed by atoms with Crippen LogP contribution in [0.5, 0.6) is 0 Å². The number of nitrogens with zero attached hydrogens (tertiary/aromatic N) is 2. The van der Waals surface area contributed by atoms with Crippen LogP contribution in [0, 0.1) is 17.1 Å². The van der Waals surface area contributed by atoms with E-state index in [0.717, 1.165) is 24.9 Å². The van der Waals surface area contributed by atoms with Crippen molar-refractivity contribution in [1.29, 1.82) is 5.26 Å². The average molecular weight is 250 g/mol. The molecule has 1 aromatic rings. The number of hydrogen-bond acceptors (Lipinski definition) is 3. The Morgan fingerprint density at radius 1 is 1.39 bits per heavy atom. The van der Waals surface area contributed by atoms with E-state index in [4.69, 9.17) is 10.4 Å². The summed E-state index contributed by atoms with van der Waals surface area (Å²) >= 11 is 0. The quantitative estimate of drug-likeness (QED) is 0.807. The van der Waals surface area contributed by atoms with Crippen LogP contribution in [0.2, 0.25) is 0 Å². The van der Waals surface area contributed by atoms with Crippen molar-refractivity contribution in [1.82, 2.24) is 4.90 Å². The first-order chi connectivity index (χ1) is 8.71. The molecule has 0 aromatic heterocycles. The normalized spacial score (nSPS) is 10.6. The van der Waals surface area contributed by atoms with E-state index >= 15 is 0 Å². The molecule has 1 aromatic carbocycles. The Morgan fingerprint density at radius 2 is 2.17 bits per heavy atom. The van der Waals surface area contributed by atoms with Crippen molar-refractivity contribution in [3.8, 4) is 6.07 Å². The minimum atomic E-state index is -0.483. The lowest BCUT2D eigenvalue weighted by Gasteiger charge is -2.21. The van der Waals surface area contributed by atoms with Crippen molar-refractivity contribution in [2.75, 3.05) is 19.7 Å². The van der Waals surface area contributed by atoms with Crippen LogP contribution in [0.15, 0.2) is 18.2 Å². The third-order valence-electron chi connectivity index (χ3n) is 2.80. The molecule has 98 valence electrons. The molecule has 0 aliphatic heterocycles. The van der Waals surface area contributed by atoms with E-state index in [1.807, 2.05) is 6.07 Å². The highest BCUT2D eigenvalue weighted by Crippen LogP contribution is 2.12. The number of nitriles is 1. The summed E-state index contributed by atoms with van der Waals surface area (Å²) in [5.74, 6) is -0.483. The standard InChI is InChI=1S/C14H19FN2O/c1-2-3-6-17(7-8-18)11-12-4-5-14(15)13(9-12)10-16/h4-5,9,18H,2-3,6-8,11H2,1H3. The fraction of sp³-hybridized carbons (Fsp3) is 0.500. The van der Waals surface area contributed by atoms with Gasteiger partial charge in [-0.25, -0.2) is 4.39 Å². The summed E-state index contributed by atoms with van der Waals surface area (Å²) in [4.78, 5) is 2.11. The number of aliphatic hydroxyl groups excluding tert-OH is 1. The van der Waals surface area contributed by atoms with Gasteiger partial charge in [-0.05, 0) is 30.7 Å². The zero-order chi connectivity index (χ0) is 13.4. The zero-order valence-corrected chi connectivity index (χ0v) is 10.7. The van der Waals surface area contributed by atoms with Gasteiger partial charge in [0, 0.05) is 13.1 Å². The number of rotatable bonds is 7. The first-order valence-electron chi connectivity index (χ1n) is 6.23. The maximum Gasteiger partial charge on any atom is 0.140 e. The molecule has 0 radical (unpaired) electrons. The van der Waals surface area contributed by atoms with Crippen LogP contribution in [0.4, 0.5) is 4.39 Å². The molecule has 0 aliphatic rings. The van der Waals surface area contributed by atoms with Gasteiger partial charge in [0.05, 0.1) is 12.2 Å². The van der Waals surface area contributed by atoms with Gasteiger partial charge in [0.1, 0.15) is 11.9 Å². The van der Waals surface area contributed by atoms with E-state index in [1.165, 1.54) is 6.07 Å². The maximum absolute atomic E-state index is 13.2. The molecule has 18 heavy (non-hydrogen) atoms. The highest BCUT2D eigenvalue weighted by Gasteiger charge is 2.07. The van der Waals surface area contributed by atoms with E-state index in [1.54, 1.807) is 12.1 Å². The lowest BCUT2D eigenvalue weighted by atomic mass is 10.1. The molecule has 0 saturated heterocycles. The van der Waals surface area contributed by atoms with E-state index in [2.05, 4.69) is 11.8 Å². The second-order valence-corrected chi connectivity index (χ2v) is 4.28. The van der Waals surface area contributed by atoms with E-state index in [0.29, 0.717) is 13.1 Å². The first kappa shape index (κ1) is 14.6. The number of unbranched alkanes of at least 4 members (excludes halogenated alkanes) is 1. The lowest BCUT2D eigenvalue weighted by Crippen LogP contribution is -2.27. The number of aliphatic hydroxyl groups is 1. The number of hydrogen-bond donors (Lipinski definition) is 1. The largest absolute Gasteiger partial charge is 0.395 e. The summed E-state index contributed by atoms with van der Waals surface area (Å²) in [6, 6.07) is 6.43. The SMILES string of the molecule is CCCCN(CCO)Cc1ccc(F)c(C#N)c1. The van der Waals surface area contributed by atoms with Crippen molar-refractivity contribution in [3.05, 3.63) is 35.1 Å². The Balaban J connectivity index is 2.71. The van der Waals surface area contributed by atoms with Crippen LogP contribution in [0.1, 0.15) is 30.9 Å². The molecule has 0 atom stereocenters. The molecular weight excluding hydrogens is 231 g/mol. The predicted octanol–water partition coefficient (Wildman–Crippen LogP) is 2.29. The molecule has 1 N–H and O–H groups in total. The predicted molar refractivity (Wildman–Crippen MR) is 68.4 cm³/mol. The Hall–Kier alpha value is -1.44. The van der Waals surface area contributed by atoms with Crippen molar-refractivity contribution in [2.24, 2.45) is 0 Å². The van der Waals surface area contributed by atoms with Gasteiger partial charge in [-0.2, -0.15) is 5.26 Å². The summed E-state index contributed by atoms with van der Waals surface area (Å²) in [6.45, 7) is 4.35. The van der Waals surface area contributed by atoms with Crippen LogP contribution in [-0.2, 0) is 6.54 Å². The summed E-state index contributed by atoms with van der Waals surface area (Å²) in [5.41, 5.74) is 0.976. The topological polar surface area (TPSA) is 47.3 Å². The Morgan fingerprint density at radius 3 is 2.78 bits per heavy atom. The molecule has 0 spiro atoms. The summed E-state index contributed by atoms with van der Waals surface area (Å²) in [7, 11) is 0. The first-order valence-corrected chi connectivity index (χ1v) is 6.23. The van der Waals surface area contributed by atoms with Crippen LogP contribution in [0.3, 0.4) is 0 Å². The Kier molecular flexibility index (Phi) is 6.34. The lowest BCUT2D eigenvalue weighted by molar-refractivity contribution is 0.188. The van der Waals surface area contributed by atoms with Crippen molar-refractivity contribution in [2.45, 2.75) is 26.3 Å². The highest BCUT2D eigenvalue weighted by molar-refractivity contribution is 5.34. The van der Waals surface area contributed by atoms with Gasteiger partial charge in [0.25, 0.3) is 0 Å². The molecule has 1 rings (SSSR count).